The van der Waals surface area contributed by atoms with Gasteiger partial charge in [-0.05, 0) is 34.0 Å². The van der Waals surface area contributed by atoms with Crippen LogP contribution in [0.25, 0.3) is 56.1 Å². The Morgan fingerprint density at radius 1 is 0.525 bits per heavy atom. The van der Waals surface area contributed by atoms with Crippen LogP contribution in [-0.2, 0) is 0 Å². The van der Waals surface area contributed by atoms with E-state index in [1.54, 1.807) is 12.1 Å². The van der Waals surface area contributed by atoms with Crippen LogP contribution in [0.3, 0.4) is 0 Å². The molecule has 6 aromatic rings. The molecule has 1 heterocycles. The zero-order chi connectivity index (χ0) is 27.5. The summed E-state index contributed by atoms with van der Waals surface area (Å²) in [7, 11) is 0. The number of alkyl halides is 3. The maximum Gasteiger partial charge on any atom is 0.479 e. The third-order valence-electron chi connectivity index (χ3n) is 6.24. The van der Waals surface area contributed by atoms with Crippen molar-refractivity contribution in [3.63, 3.8) is 0 Å². The average molecular weight is 552 g/mol. The molecule has 0 bridgehead atoms. The molecule has 0 N–H and O–H groups in total. The Morgan fingerprint density at radius 2 is 1.05 bits per heavy atom. The molecule has 0 aliphatic heterocycles. The highest BCUT2D eigenvalue weighted by Crippen LogP contribution is 2.36. The zero-order valence-corrected chi connectivity index (χ0v) is 21.7. The molecule has 0 radical (unpaired) electrons. The third-order valence-corrected chi connectivity index (χ3v) is 6.70. The highest BCUT2D eigenvalue weighted by atomic mass is 32.2. The standard InChI is InChI=1S/C32H20F3N3OS/c33-32(34,35)40-39-26-19-18-21-12-7-13-27(28(21)20-26)22-14-16-25(17-15-22)31-37-29(23-8-3-1-4-9-23)36-30(38-31)24-10-5-2-6-11-24/h1-20H. The summed E-state index contributed by atoms with van der Waals surface area (Å²) in [4.78, 5) is 14.3. The number of rotatable bonds is 6. The maximum atomic E-state index is 12.6. The number of halogens is 3. The number of hydrogen-bond donors (Lipinski definition) is 0. The molecule has 5 aromatic carbocycles. The summed E-state index contributed by atoms with van der Waals surface area (Å²) in [5.41, 5.74) is -0.131. The van der Waals surface area contributed by atoms with E-state index >= 15 is 0 Å². The summed E-state index contributed by atoms with van der Waals surface area (Å²) in [5.74, 6) is 1.82. The lowest BCUT2D eigenvalue weighted by Gasteiger charge is -2.11. The van der Waals surface area contributed by atoms with Gasteiger partial charge in [-0.1, -0.05) is 109 Å². The predicted molar refractivity (Wildman–Crippen MR) is 153 cm³/mol. The predicted octanol–water partition coefficient (Wildman–Crippen LogP) is 9.24. The van der Waals surface area contributed by atoms with E-state index in [-0.39, 0.29) is 5.75 Å². The fourth-order valence-electron chi connectivity index (χ4n) is 4.39. The van der Waals surface area contributed by atoms with Gasteiger partial charge in [-0.15, -0.1) is 0 Å². The number of aromatic nitrogens is 3. The van der Waals surface area contributed by atoms with Crippen LogP contribution in [0.2, 0.25) is 0 Å². The molecule has 0 fully saturated rings. The molecule has 0 aliphatic carbocycles. The van der Waals surface area contributed by atoms with Crippen molar-refractivity contribution in [2.24, 2.45) is 0 Å². The van der Waals surface area contributed by atoms with Crippen LogP contribution >= 0.6 is 12.0 Å². The number of benzene rings is 5. The first-order valence-corrected chi connectivity index (χ1v) is 13.1. The Bertz CT molecular complexity index is 1720. The molecule has 196 valence electrons. The van der Waals surface area contributed by atoms with Crippen LogP contribution in [0.5, 0.6) is 5.75 Å². The van der Waals surface area contributed by atoms with Crippen LogP contribution in [0.15, 0.2) is 121 Å². The Labute approximate surface area is 232 Å². The number of nitrogens with zero attached hydrogens (tertiary/aromatic N) is 3. The summed E-state index contributed by atoms with van der Waals surface area (Å²) in [6.45, 7) is 0. The number of hydrogen-bond acceptors (Lipinski definition) is 5. The van der Waals surface area contributed by atoms with Gasteiger partial charge >= 0.3 is 5.51 Å². The molecule has 0 amide bonds. The molecule has 0 spiro atoms. The molecule has 6 rings (SSSR count). The molecule has 0 atom stereocenters. The molecule has 0 aliphatic rings. The van der Waals surface area contributed by atoms with Gasteiger partial charge in [-0.25, -0.2) is 15.0 Å². The third kappa shape index (κ3) is 5.67. The zero-order valence-electron chi connectivity index (χ0n) is 20.8. The van der Waals surface area contributed by atoms with Gasteiger partial charge in [-0.3, -0.25) is 0 Å². The second kappa shape index (κ2) is 10.8. The molecule has 40 heavy (non-hydrogen) atoms. The van der Waals surface area contributed by atoms with Crippen LogP contribution in [0.1, 0.15) is 0 Å². The van der Waals surface area contributed by atoms with Crippen molar-refractivity contribution in [1.82, 2.24) is 15.0 Å². The Balaban J connectivity index is 1.38. The van der Waals surface area contributed by atoms with E-state index in [0.29, 0.717) is 17.5 Å². The normalized spacial score (nSPS) is 11.5. The Hall–Kier alpha value is -4.69. The van der Waals surface area contributed by atoms with Crippen LogP contribution in [-0.4, -0.2) is 20.5 Å². The van der Waals surface area contributed by atoms with E-state index in [1.165, 1.54) is 6.07 Å². The van der Waals surface area contributed by atoms with Crippen molar-refractivity contribution >= 4 is 22.8 Å². The van der Waals surface area contributed by atoms with Crippen molar-refractivity contribution in [3.05, 3.63) is 121 Å². The van der Waals surface area contributed by atoms with E-state index in [2.05, 4.69) is 0 Å². The largest absolute Gasteiger partial charge is 0.479 e. The van der Waals surface area contributed by atoms with Gasteiger partial charge in [0.1, 0.15) is 5.75 Å². The summed E-state index contributed by atoms with van der Waals surface area (Å²) in [5, 5.41) is 1.68. The molecule has 0 saturated heterocycles. The highest BCUT2D eigenvalue weighted by Gasteiger charge is 2.31. The SMILES string of the molecule is FC(F)(F)SOc1ccc2cccc(-c3ccc(-c4nc(-c5ccccc5)nc(-c5ccccc5)n4)cc3)c2c1. The lowest BCUT2D eigenvalue weighted by molar-refractivity contribution is -0.0369. The van der Waals surface area contributed by atoms with Crippen molar-refractivity contribution < 1.29 is 17.4 Å². The molecule has 8 heteroatoms. The molecular weight excluding hydrogens is 531 g/mol. The quantitative estimate of drug-likeness (QED) is 0.193. The maximum absolute atomic E-state index is 12.6. The minimum atomic E-state index is -4.49. The lowest BCUT2D eigenvalue weighted by Crippen LogP contribution is -2.02. The molecular formula is C32H20F3N3OS. The Kier molecular flexibility index (Phi) is 6.92. The molecule has 4 nitrogen and oxygen atoms in total. The minimum Gasteiger partial charge on any atom is -0.417 e. The number of fused-ring (bicyclic) bond motifs is 1. The van der Waals surface area contributed by atoms with Gasteiger partial charge in [0.15, 0.2) is 29.5 Å². The summed E-state index contributed by atoms with van der Waals surface area (Å²) < 4.78 is 42.8. The van der Waals surface area contributed by atoms with Crippen molar-refractivity contribution in [3.8, 4) is 51.0 Å². The van der Waals surface area contributed by atoms with Crippen molar-refractivity contribution in [2.75, 3.05) is 0 Å². The van der Waals surface area contributed by atoms with E-state index in [4.69, 9.17) is 19.1 Å². The van der Waals surface area contributed by atoms with E-state index in [1.807, 2.05) is 103 Å². The average Bonchev–Trinajstić information content (AvgIpc) is 3.00. The second-order valence-electron chi connectivity index (χ2n) is 8.92. The monoisotopic (exact) mass is 551 g/mol. The fourth-order valence-corrected chi connectivity index (χ4v) is 4.68. The highest BCUT2D eigenvalue weighted by molar-refractivity contribution is 7.95. The smallest absolute Gasteiger partial charge is 0.417 e. The first kappa shape index (κ1) is 25.6. The van der Waals surface area contributed by atoms with Crippen molar-refractivity contribution in [2.45, 2.75) is 5.51 Å². The van der Waals surface area contributed by atoms with Crippen LogP contribution < -0.4 is 4.18 Å². The van der Waals surface area contributed by atoms with Gasteiger partial charge < -0.3 is 4.18 Å². The first-order valence-electron chi connectivity index (χ1n) is 12.4. The van der Waals surface area contributed by atoms with Crippen molar-refractivity contribution in [1.29, 1.82) is 0 Å². The van der Waals surface area contributed by atoms with Gasteiger partial charge in [-0.2, -0.15) is 13.2 Å². The van der Waals surface area contributed by atoms with Gasteiger partial charge in [0.2, 0.25) is 0 Å². The second-order valence-corrected chi connectivity index (χ2v) is 9.71. The van der Waals surface area contributed by atoms with Crippen LogP contribution in [0, 0.1) is 0 Å². The molecule has 0 unspecified atom stereocenters. The summed E-state index contributed by atoms with van der Waals surface area (Å²) in [6, 6.07) is 38.0. The Morgan fingerprint density at radius 3 is 1.60 bits per heavy atom. The van der Waals surface area contributed by atoms with Gasteiger partial charge in [0, 0.05) is 16.7 Å². The van der Waals surface area contributed by atoms with Gasteiger partial charge in [0.05, 0.1) is 0 Å². The fraction of sp³-hybridized carbons (Fsp3) is 0.0312. The molecule has 1 aromatic heterocycles. The van der Waals surface area contributed by atoms with E-state index in [9.17, 15) is 13.2 Å². The first-order chi connectivity index (χ1) is 19.4. The minimum absolute atomic E-state index is 0.131. The molecule has 0 saturated carbocycles. The lowest BCUT2D eigenvalue weighted by atomic mass is 9.97. The summed E-state index contributed by atoms with van der Waals surface area (Å²) >= 11 is -0.524. The summed E-state index contributed by atoms with van der Waals surface area (Å²) in [6.07, 6.45) is 0. The van der Waals surface area contributed by atoms with E-state index in [0.717, 1.165) is 38.6 Å². The van der Waals surface area contributed by atoms with Gasteiger partial charge in [0.25, 0.3) is 0 Å². The van der Waals surface area contributed by atoms with E-state index < -0.39 is 17.6 Å². The topological polar surface area (TPSA) is 47.9 Å². The van der Waals surface area contributed by atoms with Crippen LogP contribution in [0.4, 0.5) is 13.2 Å².